The molecule has 0 aliphatic carbocycles. The van der Waals surface area contributed by atoms with E-state index in [1.807, 2.05) is 13.0 Å². The lowest BCUT2D eigenvalue weighted by Crippen LogP contribution is -1.94. The van der Waals surface area contributed by atoms with Crippen LogP contribution in [0.4, 0.5) is 0 Å². The van der Waals surface area contributed by atoms with Gasteiger partial charge in [0.25, 0.3) is 0 Å². The maximum absolute atomic E-state index is 9.06. The summed E-state index contributed by atoms with van der Waals surface area (Å²) in [5.41, 5.74) is 1.71. The molecule has 2 rings (SSSR count). The summed E-state index contributed by atoms with van der Waals surface area (Å²) in [7, 11) is 0. The summed E-state index contributed by atoms with van der Waals surface area (Å²) in [5, 5.41) is 17.9. The van der Waals surface area contributed by atoms with E-state index in [-0.39, 0.29) is 5.88 Å². The Labute approximate surface area is 105 Å². The van der Waals surface area contributed by atoms with E-state index in [1.54, 1.807) is 36.5 Å². The molecule has 0 spiro atoms. The summed E-state index contributed by atoms with van der Waals surface area (Å²) in [6.45, 7) is 1.82. The molecule has 0 amide bonds. The number of benzene rings is 1. The predicted octanol–water partition coefficient (Wildman–Crippen LogP) is 2.93. The predicted molar refractivity (Wildman–Crippen MR) is 64.9 cm³/mol. The van der Waals surface area contributed by atoms with Gasteiger partial charge in [0.05, 0.1) is 11.6 Å². The van der Waals surface area contributed by atoms with Crippen LogP contribution in [-0.2, 0) is 0 Å². The highest BCUT2D eigenvalue weighted by Crippen LogP contribution is 2.24. The summed E-state index contributed by atoms with van der Waals surface area (Å²) in [6.07, 6.45) is 1.58. The van der Waals surface area contributed by atoms with Crippen LogP contribution in [0.25, 0.3) is 0 Å². The van der Waals surface area contributed by atoms with Crippen molar-refractivity contribution in [3.05, 3.63) is 53.2 Å². The molecular formula is C14H9N3O. The first-order chi connectivity index (χ1) is 8.74. The maximum atomic E-state index is 9.06. The monoisotopic (exact) mass is 235 g/mol. The zero-order chi connectivity index (χ0) is 13.0. The molecule has 0 fully saturated rings. The van der Waals surface area contributed by atoms with Crippen molar-refractivity contribution in [1.29, 1.82) is 10.5 Å². The smallest absolute Gasteiger partial charge is 0.237 e. The fraction of sp³-hybridized carbons (Fsp3) is 0.0714. The van der Waals surface area contributed by atoms with E-state index < -0.39 is 0 Å². The van der Waals surface area contributed by atoms with Crippen LogP contribution in [0, 0.1) is 29.6 Å². The molecule has 86 valence electrons. The summed E-state index contributed by atoms with van der Waals surface area (Å²) < 4.78 is 5.54. The van der Waals surface area contributed by atoms with Gasteiger partial charge in [0.15, 0.2) is 0 Å². The number of aromatic nitrogens is 1. The van der Waals surface area contributed by atoms with E-state index in [9.17, 15) is 0 Å². The molecule has 1 heterocycles. The number of hydrogen-bond acceptors (Lipinski definition) is 4. The van der Waals surface area contributed by atoms with Gasteiger partial charge in [-0.25, -0.2) is 4.98 Å². The average molecular weight is 235 g/mol. The van der Waals surface area contributed by atoms with Gasteiger partial charge in [-0.2, -0.15) is 10.5 Å². The molecule has 0 bridgehead atoms. The van der Waals surface area contributed by atoms with Crippen molar-refractivity contribution >= 4 is 0 Å². The summed E-state index contributed by atoms with van der Waals surface area (Å²) >= 11 is 0. The Bertz CT molecular complexity index is 665. The van der Waals surface area contributed by atoms with Crippen molar-refractivity contribution in [3.63, 3.8) is 0 Å². The van der Waals surface area contributed by atoms with E-state index in [1.165, 1.54) is 0 Å². The highest BCUT2D eigenvalue weighted by Gasteiger charge is 2.09. The Hall–Kier alpha value is -2.85. The van der Waals surface area contributed by atoms with Crippen LogP contribution < -0.4 is 4.74 Å². The van der Waals surface area contributed by atoms with Crippen LogP contribution in [0.3, 0.4) is 0 Å². The third-order valence-corrected chi connectivity index (χ3v) is 2.41. The van der Waals surface area contributed by atoms with E-state index in [2.05, 4.69) is 11.1 Å². The normalized spacial score (nSPS) is 9.28. The van der Waals surface area contributed by atoms with Crippen molar-refractivity contribution in [1.82, 2.24) is 4.98 Å². The van der Waals surface area contributed by atoms with Gasteiger partial charge >= 0.3 is 0 Å². The molecule has 0 aliphatic heterocycles. The van der Waals surface area contributed by atoms with Crippen molar-refractivity contribution < 1.29 is 4.74 Å². The topological polar surface area (TPSA) is 69.7 Å². The van der Waals surface area contributed by atoms with Gasteiger partial charge in [0.2, 0.25) is 5.88 Å². The second-order valence-corrected chi connectivity index (χ2v) is 3.66. The fourth-order valence-corrected chi connectivity index (χ4v) is 1.49. The first-order valence-corrected chi connectivity index (χ1v) is 5.28. The molecule has 18 heavy (non-hydrogen) atoms. The molecular weight excluding hydrogens is 226 g/mol. The van der Waals surface area contributed by atoms with Gasteiger partial charge in [-0.15, -0.1) is 0 Å². The van der Waals surface area contributed by atoms with Crippen LogP contribution >= 0.6 is 0 Å². The average Bonchev–Trinajstić information content (AvgIpc) is 2.39. The van der Waals surface area contributed by atoms with Crippen molar-refractivity contribution in [2.45, 2.75) is 6.92 Å². The number of hydrogen-bond donors (Lipinski definition) is 0. The lowest BCUT2D eigenvalue weighted by Gasteiger charge is -2.07. The molecule has 4 heteroatoms. The van der Waals surface area contributed by atoms with Crippen molar-refractivity contribution in [2.24, 2.45) is 0 Å². The molecule has 0 aliphatic rings. The number of aryl methyl sites for hydroxylation is 1. The van der Waals surface area contributed by atoms with Gasteiger partial charge in [-0.1, -0.05) is 6.07 Å². The fourth-order valence-electron chi connectivity index (χ4n) is 1.49. The number of nitrogens with zero attached hydrogens (tertiary/aromatic N) is 3. The minimum Gasteiger partial charge on any atom is -0.438 e. The Kier molecular flexibility index (Phi) is 3.22. The van der Waals surface area contributed by atoms with Crippen molar-refractivity contribution in [2.75, 3.05) is 0 Å². The van der Waals surface area contributed by atoms with E-state index in [0.29, 0.717) is 16.9 Å². The molecule has 4 nitrogen and oxygen atoms in total. The van der Waals surface area contributed by atoms with Crippen LogP contribution in [0.5, 0.6) is 11.6 Å². The largest absolute Gasteiger partial charge is 0.438 e. The molecule has 1 aromatic carbocycles. The highest BCUT2D eigenvalue weighted by atomic mass is 16.5. The van der Waals surface area contributed by atoms with E-state index >= 15 is 0 Å². The van der Waals surface area contributed by atoms with E-state index in [0.717, 1.165) is 5.56 Å². The number of rotatable bonds is 2. The number of pyridine rings is 1. The Morgan fingerprint density at radius 2 is 2.00 bits per heavy atom. The van der Waals surface area contributed by atoms with Crippen LogP contribution in [0.15, 0.2) is 36.5 Å². The minimum atomic E-state index is 0.257. The Morgan fingerprint density at radius 1 is 1.17 bits per heavy atom. The zero-order valence-electron chi connectivity index (χ0n) is 9.71. The van der Waals surface area contributed by atoms with E-state index in [4.69, 9.17) is 15.3 Å². The molecule has 0 unspecified atom stereocenters. The number of ether oxygens (including phenoxy) is 1. The SMILES string of the molecule is Cc1ccnc(Oc2cccc(C#N)c2)c1C#N. The van der Waals surface area contributed by atoms with Crippen LogP contribution in [-0.4, -0.2) is 4.98 Å². The molecule has 0 N–H and O–H groups in total. The third kappa shape index (κ3) is 2.28. The molecule has 2 aromatic rings. The molecule has 0 saturated carbocycles. The van der Waals surface area contributed by atoms with Gasteiger partial charge in [-0.05, 0) is 36.8 Å². The summed E-state index contributed by atoms with van der Waals surface area (Å²) in [4.78, 5) is 4.03. The Morgan fingerprint density at radius 3 is 2.72 bits per heavy atom. The molecule has 1 aromatic heterocycles. The maximum Gasteiger partial charge on any atom is 0.237 e. The van der Waals surface area contributed by atoms with Gasteiger partial charge in [-0.3, -0.25) is 0 Å². The van der Waals surface area contributed by atoms with Crippen LogP contribution in [0.2, 0.25) is 0 Å². The Balaban J connectivity index is 2.38. The number of nitriles is 2. The second-order valence-electron chi connectivity index (χ2n) is 3.66. The van der Waals surface area contributed by atoms with Gasteiger partial charge in [0.1, 0.15) is 17.4 Å². The van der Waals surface area contributed by atoms with Crippen LogP contribution in [0.1, 0.15) is 16.7 Å². The first-order valence-electron chi connectivity index (χ1n) is 5.28. The lowest BCUT2D eigenvalue weighted by molar-refractivity contribution is 0.460. The quantitative estimate of drug-likeness (QED) is 0.802. The summed E-state index contributed by atoms with van der Waals surface area (Å²) in [6, 6.07) is 12.6. The minimum absolute atomic E-state index is 0.257. The zero-order valence-corrected chi connectivity index (χ0v) is 9.71. The first kappa shape index (κ1) is 11.6. The summed E-state index contributed by atoms with van der Waals surface area (Å²) in [5.74, 6) is 0.747. The second kappa shape index (κ2) is 4.99. The van der Waals surface area contributed by atoms with Crippen molar-refractivity contribution in [3.8, 4) is 23.8 Å². The molecule has 0 saturated heterocycles. The third-order valence-electron chi connectivity index (χ3n) is 2.41. The van der Waals surface area contributed by atoms with Gasteiger partial charge < -0.3 is 4.74 Å². The highest BCUT2D eigenvalue weighted by molar-refractivity contribution is 5.46. The van der Waals surface area contributed by atoms with Gasteiger partial charge in [0, 0.05) is 6.20 Å². The standard InChI is InChI=1S/C14H9N3O/c1-10-5-6-17-14(13(10)9-16)18-12-4-2-3-11(7-12)8-15/h2-7H,1H3. The molecule has 0 atom stereocenters. The lowest BCUT2D eigenvalue weighted by atomic mass is 10.2. The molecule has 0 radical (unpaired) electrons.